The SMILES string of the molecule is O=c1c(=O)n(Cc2ccc(Cl)cc2)c2cc(Cl)ccc2n1Cc1ccccc1. The molecule has 0 radical (unpaired) electrons. The highest BCUT2D eigenvalue weighted by Gasteiger charge is 2.14. The summed E-state index contributed by atoms with van der Waals surface area (Å²) in [7, 11) is 0. The van der Waals surface area contributed by atoms with Crippen LogP contribution in [0, 0.1) is 0 Å². The summed E-state index contributed by atoms with van der Waals surface area (Å²) in [5.74, 6) is 0. The predicted molar refractivity (Wildman–Crippen MR) is 114 cm³/mol. The number of benzene rings is 3. The summed E-state index contributed by atoms with van der Waals surface area (Å²) in [4.78, 5) is 25.8. The van der Waals surface area contributed by atoms with Crippen molar-refractivity contribution in [2.45, 2.75) is 13.1 Å². The minimum Gasteiger partial charge on any atom is -0.298 e. The predicted octanol–water partition coefficient (Wildman–Crippen LogP) is 4.57. The lowest BCUT2D eigenvalue weighted by Crippen LogP contribution is -2.41. The zero-order valence-corrected chi connectivity index (χ0v) is 16.3. The van der Waals surface area contributed by atoms with Crippen molar-refractivity contribution in [3.8, 4) is 0 Å². The number of hydrogen-bond acceptors (Lipinski definition) is 2. The molecule has 1 heterocycles. The van der Waals surface area contributed by atoms with E-state index in [1.807, 2.05) is 42.5 Å². The molecule has 0 N–H and O–H groups in total. The first kappa shape index (κ1) is 18.5. The molecule has 0 unspecified atom stereocenters. The summed E-state index contributed by atoms with van der Waals surface area (Å²) in [5, 5.41) is 1.11. The van der Waals surface area contributed by atoms with E-state index in [2.05, 4.69) is 0 Å². The Labute approximate surface area is 171 Å². The molecule has 0 fully saturated rings. The quantitative estimate of drug-likeness (QED) is 0.462. The van der Waals surface area contributed by atoms with Gasteiger partial charge in [0.1, 0.15) is 0 Å². The Bertz CT molecular complexity index is 1260. The monoisotopic (exact) mass is 410 g/mol. The highest BCUT2D eigenvalue weighted by atomic mass is 35.5. The summed E-state index contributed by atoms with van der Waals surface area (Å²) in [6.07, 6.45) is 0. The first-order valence-electron chi connectivity index (χ1n) is 8.74. The fourth-order valence-electron chi connectivity index (χ4n) is 3.24. The third-order valence-corrected chi connectivity index (χ3v) is 5.12. The molecule has 1 aromatic heterocycles. The Morgan fingerprint density at radius 3 is 1.79 bits per heavy atom. The van der Waals surface area contributed by atoms with Crippen molar-refractivity contribution >= 4 is 34.2 Å². The van der Waals surface area contributed by atoms with Crippen LogP contribution in [0.1, 0.15) is 11.1 Å². The van der Waals surface area contributed by atoms with Gasteiger partial charge in [0.15, 0.2) is 0 Å². The Morgan fingerprint density at radius 2 is 1.14 bits per heavy atom. The van der Waals surface area contributed by atoms with Crippen LogP contribution in [0.15, 0.2) is 82.4 Å². The van der Waals surface area contributed by atoms with E-state index in [1.54, 1.807) is 30.3 Å². The van der Waals surface area contributed by atoms with Crippen LogP contribution in [0.2, 0.25) is 10.0 Å². The molecule has 0 bridgehead atoms. The lowest BCUT2D eigenvalue weighted by molar-refractivity contribution is 0.711. The highest BCUT2D eigenvalue weighted by molar-refractivity contribution is 6.31. The lowest BCUT2D eigenvalue weighted by atomic mass is 10.2. The van der Waals surface area contributed by atoms with Gasteiger partial charge in [-0.1, -0.05) is 65.7 Å². The van der Waals surface area contributed by atoms with Crippen LogP contribution < -0.4 is 11.1 Å². The van der Waals surface area contributed by atoms with Crippen molar-refractivity contribution in [2.75, 3.05) is 0 Å². The lowest BCUT2D eigenvalue weighted by Gasteiger charge is -2.16. The summed E-state index contributed by atoms with van der Waals surface area (Å²) < 4.78 is 2.97. The van der Waals surface area contributed by atoms with Gasteiger partial charge in [-0.15, -0.1) is 0 Å². The Kier molecular flexibility index (Phi) is 5.07. The maximum absolute atomic E-state index is 12.9. The van der Waals surface area contributed by atoms with Crippen LogP contribution in [0.3, 0.4) is 0 Å². The third-order valence-electron chi connectivity index (χ3n) is 4.63. The number of hydrogen-bond donors (Lipinski definition) is 0. The van der Waals surface area contributed by atoms with E-state index in [-0.39, 0.29) is 6.54 Å². The Morgan fingerprint density at radius 1 is 0.607 bits per heavy atom. The van der Waals surface area contributed by atoms with Crippen LogP contribution in [0.25, 0.3) is 11.0 Å². The number of nitrogens with zero attached hydrogens (tertiary/aromatic N) is 2. The average Bonchev–Trinajstić information content (AvgIpc) is 2.71. The number of aromatic nitrogens is 2. The number of fused-ring (bicyclic) bond motifs is 1. The number of halogens is 2. The Hall–Kier alpha value is -2.82. The molecule has 3 aromatic carbocycles. The summed E-state index contributed by atoms with van der Waals surface area (Å²) >= 11 is 12.1. The minimum atomic E-state index is -0.583. The van der Waals surface area contributed by atoms with Crippen molar-refractivity contribution in [1.82, 2.24) is 9.13 Å². The fraction of sp³-hybridized carbons (Fsp3) is 0.0909. The molecule has 6 heteroatoms. The van der Waals surface area contributed by atoms with E-state index < -0.39 is 11.1 Å². The average molecular weight is 411 g/mol. The van der Waals surface area contributed by atoms with Gasteiger partial charge in [0.25, 0.3) is 0 Å². The van der Waals surface area contributed by atoms with E-state index in [0.29, 0.717) is 27.6 Å². The molecule has 0 spiro atoms. The van der Waals surface area contributed by atoms with Crippen molar-refractivity contribution in [2.24, 2.45) is 0 Å². The zero-order valence-electron chi connectivity index (χ0n) is 14.8. The Balaban J connectivity index is 1.91. The van der Waals surface area contributed by atoms with Crippen LogP contribution in [0.4, 0.5) is 0 Å². The van der Waals surface area contributed by atoms with E-state index in [9.17, 15) is 9.59 Å². The molecule has 4 aromatic rings. The van der Waals surface area contributed by atoms with E-state index in [1.165, 1.54) is 9.13 Å². The maximum atomic E-state index is 12.9. The highest BCUT2D eigenvalue weighted by Crippen LogP contribution is 2.19. The van der Waals surface area contributed by atoms with Gasteiger partial charge < -0.3 is 0 Å². The second-order valence-corrected chi connectivity index (χ2v) is 7.40. The molecule has 4 rings (SSSR count). The molecular formula is C22H16Cl2N2O2. The van der Waals surface area contributed by atoms with E-state index in [0.717, 1.165) is 11.1 Å². The molecule has 0 saturated heterocycles. The molecule has 0 saturated carbocycles. The van der Waals surface area contributed by atoms with Gasteiger partial charge in [0.2, 0.25) is 0 Å². The molecule has 0 amide bonds. The van der Waals surface area contributed by atoms with Crippen LogP contribution >= 0.6 is 23.2 Å². The molecule has 28 heavy (non-hydrogen) atoms. The normalized spacial score (nSPS) is 11.1. The smallest absolute Gasteiger partial charge is 0.298 e. The van der Waals surface area contributed by atoms with Crippen LogP contribution in [0.5, 0.6) is 0 Å². The first-order chi connectivity index (χ1) is 13.5. The molecule has 0 aliphatic carbocycles. The van der Waals surface area contributed by atoms with Gasteiger partial charge in [-0.05, 0) is 41.5 Å². The van der Waals surface area contributed by atoms with Crippen molar-refractivity contribution in [1.29, 1.82) is 0 Å². The van der Waals surface area contributed by atoms with Gasteiger partial charge in [-0.25, -0.2) is 0 Å². The van der Waals surface area contributed by atoms with Crippen molar-refractivity contribution in [3.05, 3.63) is 115 Å². The van der Waals surface area contributed by atoms with Gasteiger partial charge in [-0.2, -0.15) is 0 Å². The molecular weight excluding hydrogens is 395 g/mol. The minimum absolute atomic E-state index is 0.258. The van der Waals surface area contributed by atoms with Gasteiger partial charge in [0.05, 0.1) is 24.1 Å². The first-order valence-corrected chi connectivity index (χ1v) is 9.50. The molecule has 140 valence electrons. The topological polar surface area (TPSA) is 44.0 Å². The zero-order chi connectivity index (χ0) is 19.7. The van der Waals surface area contributed by atoms with Crippen LogP contribution in [-0.4, -0.2) is 9.13 Å². The molecule has 0 aliphatic heterocycles. The summed E-state index contributed by atoms with van der Waals surface area (Å²) in [6.45, 7) is 0.573. The summed E-state index contributed by atoms with van der Waals surface area (Å²) in [5.41, 5.74) is 1.94. The fourth-order valence-corrected chi connectivity index (χ4v) is 3.54. The van der Waals surface area contributed by atoms with Crippen molar-refractivity contribution in [3.63, 3.8) is 0 Å². The van der Waals surface area contributed by atoms with Gasteiger partial charge in [0, 0.05) is 10.0 Å². The van der Waals surface area contributed by atoms with E-state index >= 15 is 0 Å². The van der Waals surface area contributed by atoms with Gasteiger partial charge >= 0.3 is 11.1 Å². The second kappa shape index (κ2) is 7.66. The van der Waals surface area contributed by atoms with E-state index in [4.69, 9.17) is 23.2 Å². The molecule has 0 aliphatic rings. The largest absolute Gasteiger partial charge is 0.317 e. The van der Waals surface area contributed by atoms with Crippen LogP contribution in [-0.2, 0) is 13.1 Å². The third kappa shape index (κ3) is 3.61. The second-order valence-electron chi connectivity index (χ2n) is 6.53. The standard InChI is InChI=1S/C22H16Cl2N2O2/c23-17-8-6-16(7-9-17)14-26-20-12-18(24)10-11-19(20)25(21(27)22(26)28)13-15-4-2-1-3-5-15/h1-12H,13-14H2. The van der Waals surface area contributed by atoms with Crippen molar-refractivity contribution < 1.29 is 0 Å². The number of rotatable bonds is 4. The molecule has 4 nitrogen and oxygen atoms in total. The van der Waals surface area contributed by atoms with Gasteiger partial charge in [-0.3, -0.25) is 18.7 Å². The summed E-state index contributed by atoms with van der Waals surface area (Å²) in [6, 6.07) is 22.0. The molecule has 0 atom stereocenters. The maximum Gasteiger partial charge on any atom is 0.317 e.